The SMILES string of the molecule is COCCC(C)(C)CNC(=O)C1(C(N)=NO)CC(C)C1. The number of carbonyl (C=O) groups excluding carboxylic acids is 1. The highest BCUT2D eigenvalue weighted by molar-refractivity contribution is 6.07. The van der Waals surface area contributed by atoms with Gasteiger partial charge in [0, 0.05) is 20.3 Å². The molecule has 0 saturated heterocycles. The number of carbonyl (C=O) groups is 1. The summed E-state index contributed by atoms with van der Waals surface area (Å²) in [5.74, 6) is 0.293. The molecule has 6 nitrogen and oxygen atoms in total. The van der Waals surface area contributed by atoms with Gasteiger partial charge in [-0.1, -0.05) is 25.9 Å². The molecule has 1 saturated carbocycles. The Hall–Kier alpha value is -1.30. The van der Waals surface area contributed by atoms with Crippen LogP contribution in [0.15, 0.2) is 5.16 Å². The first-order valence-electron chi connectivity index (χ1n) is 7.02. The molecule has 4 N–H and O–H groups in total. The molecule has 0 bridgehead atoms. The van der Waals surface area contributed by atoms with Crippen LogP contribution in [0, 0.1) is 16.7 Å². The first kappa shape index (κ1) is 16.8. The minimum absolute atomic E-state index is 0.0165. The number of nitrogens with two attached hydrogens (primary N) is 1. The third kappa shape index (κ3) is 3.62. The Balaban J connectivity index is 2.61. The quantitative estimate of drug-likeness (QED) is 0.284. The zero-order chi connectivity index (χ0) is 15.4. The van der Waals surface area contributed by atoms with E-state index >= 15 is 0 Å². The molecule has 1 aliphatic carbocycles. The Bertz CT molecular complexity index is 374. The monoisotopic (exact) mass is 285 g/mol. The van der Waals surface area contributed by atoms with Gasteiger partial charge in [0.1, 0.15) is 5.41 Å². The molecule has 0 aromatic heterocycles. The summed E-state index contributed by atoms with van der Waals surface area (Å²) in [5, 5.41) is 14.9. The zero-order valence-electron chi connectivity index (χ0n) is 12.9. The third-order valence-electron chi connectivity index (χ3n) is 4.14. The molecule has 0 aromatic carbocycles. The maximum absolute atomic E-state index is 12.4. The Morgan fingerprint density at radius 1 is 1.55 bits per heavy atom. The van der Waals surface area contributed by atoms with Crippen LogP contribution in [0.3, 0.4) is 0 Å². The predicted octanol–water partition coefficient (Wildman–Crippen LogP) is 1.33. The number of methoxy groups -OCH3 is 1. The summed E-state index contributed by atoms with van der Waals surface area (Å²) < 4.78 is 5.07. The molecule has 0 spiro atoms. The van der Waals surface area contributed by atoms with Crippen molar-refractivity contribution in [3.63, 3.8) is 0 Å². The van der Waals surface area contributed by atoms with Crippen LogP contribution in [0.4, 0.5) is 0 Å². The van der Waals surface area contributed by atoms with E-state index in [1.807, 2.05) is 0 Å². The van der Waals surface area contributed by atoms with E-state index in [1.165, 1.54) is 0 Å². The van der Waals surface area contributed by atoms with Crippen LogP contribution < -0.4 is 11.1 Å². The van der Waals surface area contributed by atoms with Crippen LogP contribution in [-0.2, 0) is 9.53 Å². The van der Waals surface area contributed by atoms with Crippen LogP contribution in [0.2, 0.25) is 0 Å². The van der Waals surface area contributed by atoms with Crippen molar-refractivity contribution in [2.75, 3.05) is 20.3 Å². The number of oxime groups is 1. The summed E-state index contributed by atoms with van der Waals surface area (Å²) in [6.07, 6.45) is 2.12. The lowest BCUT2D eigenvalue weighted by atomic mass is 9.61. The van der Waals surface area contributed by atoms with Gasteiger partial charge in [-0.05, 0) is 30.6 Å². The maximum Gasteiger partial charge on any atom is 0.233 e. The van der Waals surface area contributed by atoms with Gasteiger partial charge in [0.05, 0.1) is 0 Å². The largest absolute Gasteiger partial charge is 0.409 e. The van der Waals surface area contributed by atoms with E-state index < -0.39 is 5.41 Å². The smallest absolute Gasteiger partial charge is 0.233 e. The summed E-state index contributed by atoms with van der Waals surface area (Å²) in [6, 6.07) is 0. The van der Waals surface area contributed by atoms with E-state index in [0.717, 1.165) is 6.42 Å². The molecule has 116 valence electrons. The third-order valence-corrected chi connectivity index (χ3v) is 4.14. The topological polar surface area (TPSA) is 96.9 Å². The lowest BCUT2D eigenvalue weighted by Crippen LogP contribution is -2.57. The minimum Gasteiger partial charge on any atom is -0.409 e. The minimum atomic E-state index is -0.828. The fraction of sp³-hybridized carbons (Fsp3) is 0.857. The standard InChI is InChI=1S/C14H27N3O3/c1-10-7-14(8-10,11(15)17-19)12(18)16-9-13(2,3)5-6-20-4/h10,19H,5-9H2,1-4H3,(H2,15,17)(H,16,18). The van der Waals surface area contributed by atoms with Crippen LogP contribution in [0.5, 0.6) is 0 Å². The van der Waals surface area contributed by atoms with E-state index in [-0.39, 0.29) is 17.2 Å². The molecule has 0 heterocycles. The first-order chi connectivity index (χ1) is 9.27. The number of ether oxygens (including phenoxy) is 1. The Kier molecular flexibility index (Phi) is 5.39. The number of amidine groups is 1. The van der Waals surface area contributed by atoms with Crippen molar-refractivity contribution in [1.29, 1.82) is 0 Å². The molecule has 1 rings (SSSR count). The van der Waals surface area contributed by atoms with Crippen molar-refractivity contribution in [3.05, 3.63) is 0 Å². The van der Waals surface area contributed by atoms with Crippen LogP contribution in [0.1, 0.15) is 40.0 Å². The number of hydrogen-bond donors (Lipinski definition) is 3. The number of hydrogen-bond acceptors (Lipinski definition) is 4. The van der Waals surface area contributed by atoms with Gasteiger partial charge in [-0.15, -0.1) is 0 Å². The summed E-state index contributed by atoms with van der Waals surface area (Å²) in [6.45, 7) is 7.41. The van der Waals surface area contributed by atoms with Crippen molar-refractivity contribution in [2.45, 2.75) is 40.0 Å². The van der Waals surface area contributed by atoms with E-state index in [0.29, 0.717) is 31.9 Å². The molecule has 20 heavy (non-hydrogen) atoms. The van der Waals surface area contributed by atoms with Crippen LogP contribution >= 0.6 is 0 Å². The zero-order valence-corrected chi connectivity index (χ0v) is 12.9. The molecule has 1 fully saturated rings. The Labute approximate surface area is 120 Å². The number of nitrogens with one attached hydrogen (secondary N) is 1. The van der Waals surface area contributed by atoms with Gasteiger partial charge in [0.25, 0.3) is 0 Å². The van der Waals surface area contributed by atoms with Crippen molar-refractivity contribution in [2.24, 2.45) is 27.6 Å². The van der Waals surface area contributed by atoms with E-state index in [1.54, 1.807) is 7.11 Å². The average Bonchev–Trinajstić information content (AvgIpc) is 2.38. The second kappa shape index (κ2) is 6.43. The number of rotatable bonds is 7. The van der Waals surface area contributed by atoms with Gasteiger partial charge < -0.3 is 21.0 Å². The van der Waals surface area contributed by atoms with Gasteiger partial charge >= 0.3 is 0 Å². The normalized spacial score (nSPS) is 27.0. The molecule has 1 aliphatic rings. The van der Waals surface area contributed by atoms with E-state index in [9.17, 15) is 4.79 Å². The highest BCUT2D eigenvalue weighted by Crippen LogP contribution is 2.46. The lowest BCUT2D eigenvalue weighted by molar-refractivity contribution is -0.133. The van der Waals surface area contributed by atoms with Crippen LogP contribution in [0.25, 0.3) is 0 Å². The molecule has 0 radical (unpaired) electrons. The van der Waals surface area contributed by atoms with E-state index in [4.69, 9.17) is 15.7 Å². The summed E-state index contributed by atoms with van der Waals surface area (Å²) >= 11 is 0. The molecule has 0 atom stereocenters. The van der Waals surface area contributed by atoms with Gasteiger partial charge in [-0.3, -0.25) is 4.79 Å². The summed E-state index contributed by atoms with van der Waals surface area (Å²) in [7, 11) is 1.66. The van der Waals surface area contributed by atoms with Gasteiger partial charge in [-0.2, -0.15) is 0 Å². The van der Waals surface area contributed by atoms with Gasteiger partial charge in [0.15, 0.2) is 5.84 Å². The molecular formula is C14H27N3O3. The van der Waals surface area contributed by atoms with Crippen molar-refractivity contribution in [3.8, 4) is 0 Å². The van der Waals surface area contributed by atoms with Crippen LogP contribution in [-0.4, -0.2) is 37.2 Å². The maximum atomic E-state index is 12.4. The highest BCUT2D eigenvalue weighted by Gasteiger charge is 2.52. The van der Waals surface area contributed by atoms with Gasteiger partial charge in [0.2, 0.25) is 5.91 Å². The number of nitrogens with zero attached hydrogens (tertiary/aromatic N) is 1. The lowest BCUT2D eigenvalue weighted by Gasteiger charge is -2.44. The van der Waals surface area contributed by atoms with Crippen molar-refractivity contribution < 1.29 is 14.7 Å². The molecule has 6 heteroatoms. The van der Waals surface area contributed by atoms with Crippen molar-refractivity contribution >= 4 is 11.7 Å². The fourth-order valence-corrected chi connectivity index (χ4v) is 2.69. The molecule has 1 amide bonds. The predicted molar refractivity (Wildman–Crippen MR) is 77.5 cm³/mol. The number of amides is 1. The summed E-state index contributed by atoms with van der Waals surface area (Å²) in [5.41, 5.74) is 4.84. The van der Waals surface area contributed by atoms with Crippen molar-refractivity contribution in [1.82, 2.24) is 5.32 Å². The molecule has 0 unspecified atom stereocenters. The molecule has 0 aromatic rings. The Morgan fingerprint density at radius 2 is 2.15 bits per heavy atom. The van der Waals surface area contributed by atoms with E-state index in [2.05, 4.69) is 31.2 Å². The summed E-state index contributed by atoms with van der Waals surface area (Å²) in [4.78, 5) is 12.4. The Morgan fingerprint density at radius 3 is 2.60 bits per heavy atom. The second-order valence-corrected chi connectivity index (χ2v) is 6.67. The fourth-order valence-electron chi connectivity index (χ4n) is 2.69. The van der Waals surface area contributed by atoms with Gasteiger partial charge in [-0.25, -0.2) is 0 Å². The average molecular weight is 285 g/mol. The second-order valence-electron chi connectivity index (χ2n) is 6.67. The first-order valence-corrected chi connectivity index (χ1v) is 7.02. The highest BCUT2D eigenvalue weighted by atomic mass is 16.5. The molecule has 0 aliphatic heterocycles. The molecular weight excluding hydrogens is 258 g/mol.